The molecule has 94 valence electrons. The molecule has 1 unspecified atom stereocenters. The van der Waals surface area contributed by atoms with E-state index in [4.69, 9.17) is 11.6 Å². The minimum Gasteiger partial charge on any atom is -0.370 e. The Labute approximate surface area is 106 Å². The van der Waals surface area contributed by atoms with Gasteiger partial charge in [-0.05, 0) is 18.8 Å². The van der Waals surface area contributed by atoms with Crippen LogP contribution < -0.4 is 10.5 Å². The van der Waals surface area contributed by atoms with Crippen LogP contribution in [0.15, 0.2) is 17.1 Å². The van der Waals surface area contributed by atoms with E-state index in [1.54, 1.807) is 12.3 Å². The zero-order chi connectivity index (χ0) is 12.3. The fourth-order valence-electron chi connectivity index (χ4n) is 2.05. The molecular formula is C12H18ClN3O. The van der Waals surface area contributed by atoms with Gasteiger partial charge >= 0.3 is 0 Å². The second kappa shape index (κ2) is 5.54. The molecule has 1 aliphatic heterocycles. The van der Waals surface area contributed by atoms with Crippen LogP contribution in [0.2, 0.25) is 0 Å². The molecule has 5 heteroatoms. The van der Waals surface area contributed by atoms with Crippen molar-refractivity contribution in [3.63, 3.8) is 0 Å². The molecule has 1 aliphatic rings. The van der Waals surface area contributed by atoms with Gasteiger partial charge in [-0.1, -0.05) is 6.92 Å². The van der Waals surface area contributed by atoms with Crippen molar-refractivity contribution in [2.45, 2.75) is 26.3 Å². The van der Waals surface area contributed by atoms with Gasteiger partial charge in [-0.15, -0.1) is 11.6 Å². The van der Waals surface area contributed by atoms with E-state index in [9.17, 15) is 4.79 Å². The summed E-state index contributed by atoms with van der Waals surface area (Å²) in [5.41, 5.74) is 0.911. The second-order valence-electron chi connectivity index (χ2n) is 4.69. The van der Waals surface area contributed by atoms with E-state index in [-0.39, 0.29) is 11.5 Å². The third kappa shape index (κ3) is 3.00. The number of anilines is 1. The average molecular weight is 256 g/mol. The molecule has 0 N–H and O–H groups in total. The summed E-state index contributed by atoms with van der Waals surface area (Å²) in [5, 5.41) is 4.21. The van der Waals surface area contributed by atoms with Crippen LogP contribution in [-0.2, 0) is 6.54 Å². The van der Waals surface area contributed by atoms with Crippen LogP contribution in [0.25, 0.3) is 0 Å². The molecule has 0 aromatic carbocycles. The van der Waals surface area contributed by atoms with Gasteiger partial charge in [0.1, 0.15) is 0 Å². The molecule has 0 bridgehead atoms. The molecule has 1 aromatic rings. The summed E-state index contributed by atoms with van der Waals surface area (Å²) in [6, 6.07) is 1.68. The summed E-state index contributed by atoms with van der Waals surface area (Å²) in [4.78, 5) is 14.1. The topological polar surface area (TPSA) is 38.1 Å². The third-order valence-corrected chi connectivity index (χ3v) is 3.60. The molecule has 4 nitrogen and oxygen atoms in total. The van der Waals surface area contributed by atoms with E-state index in [0.29, 0.717) is 12.4 Å². The molecular weight excluding hydrogens is 238 g/mol. The molecule has 17 heavy (non-hydrogen) atoms. The molecule has 0 aliphatic carbocycles. The first-order valence-electron chi connectivity index (χ1n) is 6.09. The van der Waals surface area contributed by atoms with E-state index < -0.39 is 0 Å². The normalized spacial score (nSPS) is 17.4. The maximum Gasteiger partial charge on any atom is 0.268 e. The Balaban J connectivity index is 2.13. The van der Waals surface area contributed by atoms with Gasteiger partial charge in [-0.3, -0.25) is 4.79 Å². The summed E-state index contributed by atoms with van der Waals surface area (Å²) in [6.45, 7) is 4.66. The average Bonchev–Trinajstić information content (AvgIpc) is 2.85. The number of rotatable bonds is 4. The van der Waals surface area contributed by atoms with Crippen LogP contribution in [0.5, 0.6) is 0 Å². The van der Waals surface area contributed by atoms with Crippen LogP contribution in [0, 0.1) is 5.92 Å². The Morgan fingerprint density at radius 3 is 2.76 bits per heavy atom. The number of halogens is 1. The number of hydrogen-bond donors (Lipinski definition) is 0. The molecule has 1 fully saturated rings. The zero-order valence-electron chi connectivity index (χ0n) is 10.1. The van der Waals surface area contributed by atoms with Gasteiger partial charge < -0.3 is 4.90 Å². The highest BCUT2D eigenvalue weighted by Crippen LogP contribution is 2.16. The summed E-state index contributed by atoms with van der Waals surface area (Å²) < 4.78 is 1.49. The number of hydrogen-bond acceptors (Lipinski definition) is 3. The molecule has 1 atom stereocenters. The smallest absolute Gasteiger partial charge is 0.268 e. The monoisotopic (exact) mass is 255 g/mol. The predicted octanol–water partition coefficient (Wildman–Crippen LogP) is 1.72. The number of alkyl halides is 1. The van der Waals surface area contributed by atoms with Crippen molar-refractivity contribution < 1.29 is 0 Å². The van der Waals surface area contributed by atoms with Crippen LogP contribution in [0.3, 0.4) is 0 Å². The van der Waals surface area contributed by atoms with Crippen LogP contribution in [0.4, 0.5) is 5.69 Å². The fraction of sp³-hybridized carbons (Fsp3) is 0.667. The SMILES string of the molecule is CC(CCl)Cn1ncc(N2CCCC2)cc1=O. The first-order valence-corrected chi connectivity index (χ1v) is 6.62. The van der Waals surface area contributed by atoms with Gasteiger partial charge in [-0.25, -0.2) is 4.68 Å². The van der Waals surface area contributed by atoms with Crippen molar-refractivity contribution in [2.24, 2.45) is 5.92 Å². The van der Waals surface area contributed by atoms with Crippen LogP contribution in [-0.4, -0.2) is 28.8 Å². The molecule has 0 amide bonds. The lowest BCUT2D eigenvalue weighted by molar-refractivity contribution is 0.467. The predicted molar refractivity (Wildman–Crippen MR) is 69.8 cm³/mol. The minimum absolute atomic E-state index is 0.0358. The van der Waals surface area contributed by atoms with Gasteiger partial charge in [-0.2, -0.15) is 5.10 Å². The second-order valence-corrected chi connectivity index (χ2v) is 5.00. The molecule has 0 radical (unpaired) electrons. The molecule has 0 spiro atoms. The van der Waals surface area contributed by atoms with E-state index in [0.717, 1.165) is 18.8 Å². The lowest BCUT2D eigenvalue weighted by atomic mass is 10.2. The Morgan fingerprint density at radius 2 is 2.18 bits per heavy atom. The Hall–Kier alpha value is -1.03. The quantitative estimate of drug-likeness (QED) is 0.769. The van der Waals surface area contributed by atoms with Gasteiger partial charge in [0.2, 0.25) is 0 Å². The lowest BCUT2D eigenvalue weighted by Crippen LogP contribution is -2.28. The fourth-order valence-corrected chi connectivity index (χ4v) is 2.15. The maximum absolute atomic E-state index is 11.9. The largest absolute Gasteiger partial charge is 0.370 e. The summed E-state index contributed by atoms with van der Waals surface area (Å²) in [5.74, 6) is 0.807. The van der Waals surface area contributed by atoms with Crippen LogP contribution in [0.1, 0.15) is 19.8 Å². The highest BCUT2D eigenvalue weighted by atomic mass is 35.5. The molecule has 1 aromatic heterocycles. The summed E-state index contributed by atoms with van der Waals surface area (Å²) >= 11 is 5.74. The number of nitrogens with zero attached hydrogens (tertiary/aromatic N) is 3. The molecule has 0 saturated carbocycles. The maximum atomic E-state index is 11.9. The standard InChI is InChI=1S/C12H18ClN3O/c1-10(7-13)9-16-12(17)6-11(8-14-16)15-4-2-3-5-15/h6,8,10H,2-5,7,9H2,1H3. The Morgan fingerprint density at radius 1 is 1.47 bits per heavy atom. The van der Waals surface area contributed by atoms with E-state index in [1.165, 1.54) is 17.5 Å². The Bertz CT molecular complexity index is 426. The highest BCUT2D eigenvalue weighted by Gasteiger charge is 2.14. The molecule has 2 rings (SSSR count). The third-order valence-electron chi connectivity index (χ3n) is 3.07. The van der Waals surface area contributed by atoms with Crippen molar-refractivity contribution in [2.75, 3.05) is 23.9 Å². The van der Waals surface area contributed by atoms with Crippen molar-refractivity contribution in [1.82, 2.24) is 9.78 Å². The lowest BCUT2D eigenvalue weighted by Gasteiger charge is -2.17. The van der Waals surface area contributed by atoms with E-state index in [2.05, 4.69) is 10.00 Å². The van der Waals surface area contributed by atoms with Crippen molar-refractivity contribution >= 4 is 17.3 Å². The van der Waals surface area contributed by atoms with E-state index in [1.807, 2.05) is 6.92 Å². The first kappa shape index (κ1) is 12.4. The highest BCUT2D eigenvalue weighted by molar-refractivity contribution is 6.18. The van der Waals surface area contributed by atoms with Crippen molar-refractivity contribution in [3.05, 3.63) is 22.6 Å². The van der Waals surface area contributed by atoms with Gasteiger partial charge in [0.15, 0.2) is 0 Å². The number of aromatic nitrogens is 2. The van der Waals surface area contributed by atoms with E-state index >= 15 is 0 Å². The van der Waals surface area contributed by atoms with Crippen LogP contribution >= 0.6 is 11.6 Å². The summed E-state index contributed by atoms with van der Waals surface area (Å²) in [6.07, 6.45) is 4.19. The van der Waals surface area contributed by atoms with Crippen molar-refractivity contribution in [3.8, 4) is 0 Å². The first-order chi connectivity index (χ1) is 8.20. The van der Waals surface area contributed by atoms with Gasteiger partial charge in [0.25, 0.3) is 5.56 Å². The van der Waals surface area contributed by atoms with Crippen molar-refractivity contribution in [1.29, 1.82) is 0 Å². The van der Waals surface area contributed by atoms with Gasteiger partial charge in [0.05, 0.1) is 11.9 Å². The Kier molecular flexibility index (Phi) is 4.05. The zero-order valence-corrected chi connectivity index (χ0v) is 10.9. The molecule has 2 heterocycles. The molecule has 1 saturated heterocycles. The summed E-state index contributed by atoms with van der Waals surface area (Å²) in [7, 11) is 0. The minimum atomic E-state index is -0.0358. The van der Waals surface area contributed by atoms with Gasteiger partial charge in [0, 0.05) is 31.6 Å².